The molecule has 0 bridgehead atoms. The number of nitrogen functional groups attached to an aromatic ring is 1. The molecule has 0 aliphatic carbocycles. The number of nitrogens with two attached hydrogens (primary N) is 1. The summed E-state index contributed by atoms with van der Waals surface area (Å²) < 4.78 is 6.04. The summed E-state index contributed by atoms with van der Waals surface area (Å²) in [7, 11) is 3.44. The van der Waals surface area contributed by atoms with Crippen LogP contribution in [-0.4, -0.2) is 146 Å². The van der Waals surface area contributed by atoms with Gasteiger partial charge in [-0.05, 0) is 27.0 Å². The number of esters is 1. The van der Waals surface area contributed by atoms with Crippen molar-refractivity contribution in [1.82, 2.24) is 25.1 Å². The van der Waals surface area contributed by atoms with Gasteiger partial charge < -0.3 is 40.3 Å². The van der Waals surface area contributed by atoms with Gasteiger partial charge in [0.15, 0.2) is 22.9 Å². The maximum absolute atomic E-state index is 13.5. The van der Waals surface area contributed by atoms with Crippen LogP contribution in [-0.2, 0) is 28.8 Å². The van der Waals surface area contributed by atoms with Gasteiger partial charge in [-0.1, -0.05) is 5.16 Å². The first-order valence-corrected chi connectivity index (χ1v) is 18.2. The number of aromatic hydroxyl groups is 1. The van der Waals surface area contributed by atoms with E-state index < -0.39 is 52.1 Å². The molecule has 280 valence electrons. The molecule has 6 rings (SSSR count). The van der Waals surface area contributed by atoms with Gasteiger partial charge in [0.2, 0.25) is 5.60 Å². The maximum Gasteiger partial charge on any atom is 0.355 e. The molecule has 4 unspecified atom stereocenters. The van der Waals surface area contributed by atoms with Crippen LogP contribution in [0.25, 0.3) is 0 Å². The van der Waals surface area contributed by atoms with Gasteiger partial charge in [-0.15, -0.1) is 23.1 Å². The van der Waals surface area contributed by atoms with E-state index in [4.69, 9.17) is 20.4 Å². The van der Waals surface area contributed by atoms with E-state index in [-0.39, 0.29) is 27.8 Å². The summed E-state index contributed by atoms with van der Waals surface area (Å²) in [5.74, 6) is -3.00. The summed E-state index contributed by atoms with van der Waals surface area (Å²) in [6, 6.07) is 0.640. The molecule has 2 amide bonds. The number of pyridine rings is 1. The Balaban J connectivity index is 0.000000452. The number of quaternary nitrogens is 1. The number of anilines is 1. The lowest BCUT2D eigenvalue weighted by molar-refractivity contribution is -0.939. The molecule has 52 heavy (non-hydrogen) atoms. The van der Waals surface area contributed by atoms with E-state index in [9.17, 15) is 33.9 Å². The Bertz CT molecular complexity index is 1880. The number of oxime groups is 1. The monoisotopic (exact) mass is 761 g/mol. The first kappa shape index (κ1) is 38.4. The van der Waals surface area contributed by atoms with Crippen molar-refractivity contribution in [1.29, 1.82) is 0 Å². The topological polar surface area (TPSA) is 247 Å². The van der Waals surface area contributed by atoms with Gasteiger partial charge in [0, 0.05) is 47.9 Å². The Morgan fingerprint density at radius 3 is 2.67 bits per heavy atom. The lowest BCUT2D eigenvalue weighted by Gasteiger charge is -2.51. The Morgan fingerprint density at radius 2 is 2.04 bits per heavy atom. The van der Waals surface area contributed by atoms with Gasteiger partial charge in [-0.3, -0.25) is 29.0 Å². The molecule has 18 nitrogen and oxygen atoms in total. The number of likely N-dealkylation sites (N-methyl/N-ethyl adjacent to an activating group) is 1. The highest BCUT2D eigenvalue weighted by Crippen LogP contribution is 2.43. The molecule has 2 aromatic heterocycles. The number of H-pyrrole nitrogens is 1. The number of β-lactam (4-membered cyclic amide) rings is 1. The predicted molar refractivity (Wildman–Crippen MR) is 189 cm³/mol. The van der Waals surface area contributed by atoms with Crippen LogP contribution in [0.3, 0.4) is 0 Å². The number of thioether (sulfide) groups is 1. The number of nitrogens with zero attached hydrogens (tertiary/aromatic N) is 5. The van der Waals surface area contributed by atoms with Crippen LogP contribution in [0.5, 0.6) is 5.75 Å². The number of carbonyl (C=O) groups is 5. The van der Waals surface area contributed by atoms with Crippen molar-refractivity contribution in [2.75, 3.05) is 58.4 Å². The van der Waals surface area contributed by atoms with Crippen LogP contribution >= 0.6 is 23.1 Å². The minimum Gasteiger partial charge on any atom is -0.503 e. The summed E-state index contributed by atoms with van der Waals surface area (Å²) in [4.78, 5) is 87.1. The quantitative estimate of drug-likeness (QED) is 0.0533. The molecule has 6 heterocycles. The van der Waals surface area contributed by atoms with Gasteiger partial charge in [-0.2, -0.15) is 0 Å². The van der Waals surface area contributed by atoms with Crippen LogP contribution in [0.2, 0.25) is 0 Å². The number of thiazole rings is 1. The molecule has 4 aliphatic rings. The van der Waals surface area contributed by atoms with E-state index in [1.165, 1.54) is 49.2 Å². The largest absolute Gasteiger partial charge is 0.503 e. The van der Waals surface area contributed by atoms with E-state index >= 15 is 0 Å². The van der Waals surface area contributed by atoms with Crippen LogP contribution in [0.15, 0.2) is 38.9 Å². The molecular formula is C32H41N8O10S2+. The van der Waals surface area contributed by atoms with Crippen LogP contribution in [0.1, 0.15) is 42.7 Å². The molecule has 0 radical (unpaired) electrons. The number of nitrogens with one attached hydrogen (secondary N) is 2. The second-order valence-electron chi connectivity index (χ2n) is 13.4. The Labute approximate surface area is 306 Å². The molecule has 4 atom stereocenters. The number of rotatable bonds is 10. The second-order valence-corrected chi connectivity index (χ2v) is 15.4. The highest BCUT2D eigenvalue weighted by Gasteiger charge is 2.56. The van der Waals surface area contributed by atoms with Gasteiger partial charge in [-0.25, -0.2) is 14.6 Å². The van der Waals surface area contributed by atoms with Crippen LogP contribution < -0.4 is 16.6 Å². The Morgan fingerprint density at radius 1 is 1.29 bits per heavy atom. The predicted octanol–water partition coefficient (Wildman–Crippen LogP) is -0.0462. The van der Waals surface area contributed by atoms with E-state index in [0.717, 1.165) is 66.5 Å². The van der Waals surface area contributed by atoms with E-state index in [1.54, 1.807) is 0 Å². The summed E-state index contributed by atoms with van der Waals surface area (Å²) in [6.45, 7) is 7.27. The summed E-state index contributed by atoms with van der Waals surface area (Å²) >= 11 is 2.55. The van der Waals surface area contributed by atoms with Crippen molar-refractivity contribution in [2.24, 2.45) is 5.16 Å². The van der Waals surface area contributed by atoms with E-state index in [2.05, 4.69) is 32.4 Å². The fourth-order valence-corrected chi connectivity index (χ4v) is 8.48. The van der Waals surface area contributed by atoms with Crippen LogP contribution in [0, 0.1) is 0 Å². The number of carboxylic acid groups (broad SMARTS) is 1. The van der Waals surface area contributed by atoms with Crippen molar-refractivity contribution in [2.45, 2.75) is 49.7 Å². The average molecular weight is 762 g/mol. The standard InChI is InChI=1S/C26H35N7O7S2.C6H5NO3/c1-26(2,24(37)38)40-30-17(16-13-42-25(27)28-16)20(34)29-18-21(35)32-19(23(36)39-4)14(12-41-22(18)32)11-33-8-5-6-15(33)10-31(3)7-9-33;8-3-4-1-5(9)6(10)7-2-4/h13,15,18,22H,5-12H2,1-4H3,(H3-,27,28,29,34,37,38);1-3,9H,(H,7,10)/p+1/b30-17-;. The molecule has 0 saturated carbocycles. The third-order valence-electron chi connectivity index (χ3n) is 9.49. The molecule has 0 spiro atoms. The highest BCUT2D eigenvalue weighted by atomic mass is 32.2. The third kappa shape index (κ3) is 7.83. The lowest BCUT2D eigenvalue weighted by atomic mass is 10.0. The van der Waals surface area contributed by atoms with E-state index in [1.807, 2.05) is 0 Å². The molecule has 4 aliphatic heterocycles. The Hall–Kier alpha value is -4.79. The SMILES string of the molecule is COC(=O)C1=C(C[N+]23CCCC2CN(C)CC3)CSC2C(NC(=O)/C(=N\OC(C)(C)C(=O)O)c3csc(N)n3)C(=O)N12.O=Cc1c[nH]c(=O)c(O)c1. The normalized spacial score (nSPS) is 24.5. The number of amides is 2. The molecule has 2 aromatic rings. The number of aromatic amines is 1. The minimum atomic E-state index is -1.73. The van der Waals surface area contributed by atoms with Gasteiger partial charge in [0.05, 0.1) is 26.7 Å². The number of aromatic nitrogens is 2. The summed E-state index contributed by atoms with van der Waals surface area (Å²) in [5.41, 5.74) is 4.58. The van der Waals surface area contributed by atoms with Crippen molar-refractivity contribution in [3.05, 3.63) is 50.5 Å². The van der Waals surface area contributed by atoms with Gasteiger partial charge >= 0.3 is 11.9 Å². The number of hydrogen-bond donors (Lipinski definition) is 5. The first-order valence-electron chi connectivity index (χ1n) is 16.3. The highest BCUT2D eigenvalue weighted by molar-refractivity contribution is 8.00. The van der Waals surface area contributed by atoms with Crippen molar-refractivity contribution in [3.63, 3.8) is 0 Å². The summed E-state index contributed by atoms with van der Waals surface area (Å²) in [5, 5.41) is 25.7. The van der Waals surface area contributed by atoms with Crippen molar-refractivity contribution < 1.29 is 48.2 Å². The van der Waals surface area contributed by atoms with Gasteiger partial charge in [0.25, 0.3) is 17.4 Å². The van der Waals surface area contributed by atoms with Crippen molar-refractivity contribution in [3.8, 4) is 5.75 Å². The third-order valence-corrected chi connectivity index (χ3v) is 11.5. The number of fused-ring (bicyclic) bond motifs is 2. The number of ether oxygens (including phenoxy) is 1. The smallest absolute Gasteiger partial charge is 0.355 e. The molecule has 20 heteroatoms. The van der Waals surface area contributed by atoms with Gasteiger partial charge in [0.1, 0.15) is 35.4 Å². The van der Waals surface area contributed by atoms with E-state index in [0.29, 0.717) is 24.6 Å². The molecule has 0 aromatic carbocycles. The fraction of sp³-hybridized carbons (Fsp3) is 0.500. The first-order chi connectivity index (χ1) is 24.6. The maximum atomic E-state index is 13.5. The lowest BCUT2D eigenvalue weighted by Crippen LogP contribution is -2.71. The summed E-state index contributed by atoms with van der Waals surface area (Å²) in [6.07, 6.45) is 4.04. The molecular weight excluding hydrogens is 721 g/mol. The number of carbonyl (C=O) groups excluding carboxylic acids is 4. The minimum absolute atomic E-state index is 0.0785. The number of methoxy groups -OCH3 is 1. The molecule has 6 N–H and O–H groups in total. The fourth-order valence-electron chi connectivity index (χ4n) is 6.60. The number of aliphatic carboxylic acids is 1. The number of hydrogen-bond acceptors (Lipinski definition) is 15. The number of piperazine rings is 1. The zero-order valence-corrected chi connectivity index (χ0v) is 30.6. The Kier molecular flexibility index (Phi) is 11.4. The van der Waals surface area contributed by atoms with Crippen molar-refractivity contribution >= 4 is 64.0 Å². The second kappa shape index (κ2) is 15.4. The molecule has 3 fully saturated rings. The van der Waals surface area contributed by atoms with Crippen LogP contribution in [0.4, 0.5) is 5.13 Å². The zero-order valence-electron chi connectivity index (χ0n) is 29.0. The molecule has 3 saturated heterocycles. The number of carboxylic acids is 1. The zero-order chi connectivity index (χ0) is 38.0. The number of aldehydes is 1. The average Bonchev–Trinajstić information content (AvgIpc) is 3.73.